The summed E-state index contributed by atoms with van der Waals surface area (Å²) >= 11 is 0. The molecule has 1 rings (SSSR count). The molecule has 0 aliphatic rings. The fraction of sp³-hybridized carbons (Fsp3) is 0.364. The lowest BCUT2D eigenvalue weighted by molar-refractivity contribution is -0.133. The first-order valence-electron chi connectivity index (χ1n) is 4.99. The van der Waals surface area contributed by atoms with Crippen molar-refractivity contribution < 1.29 is 18.3 Å². The normalized spacial score (nSPS) is 10.4. The topological polar surface area (TPSA) is 55.6 Å². The fourth-order valence-electron chi connectivity index (χ4n) is 1.17. The van der Waals surface area contributed by atoms with Gasteiger partial charge in [-0.2, -0.15) is 0 Å². The molecule has 94 valence electrons. The van der Waals surface area contributed by atoms with Gasteiger partial charge in [-0.15, -0.1) is 0 Å². The number of likely N-dealkylation sites (N-methyl/N-ethyl adjacent to an activating group) is 1. The minimum absolute atomic E-state index is 0.285. The molecule has 0 saturated heterocycles. The number of alkyl halides is 2. The molecule has 0 fully saturated rings. The van der Waals surface area contributed by atoms with Gasteiger partial charge in [-0.1, -0.05) is 6.07 Å². The van der Waals surface area contributed by atoms with Crippen LogP contribution in [-0.2, 0) is 4.79 Å². The highest BCUT2D eigenvalue weighted by Gasteiger charge is 2.14. The Kier molecular flexibility index (Phi) is 4.68. The van der Waals surface area contributed by atoms with Crippen molar-refractivity contribution in [2.45, 2.75) is 6.43 Å². The zero-order valence-electron chi connectivity index (χ0n) is 9.40. The molecule has 1 aromatic carbocycles. The Morgan fingerprint density at radius 3 is 2.82 bits per heavy atom. The maximum Gasteiger partial charge on any atom is 0.260 e. The Morgan fingerprint density at radius 1 is 1.53 bits per heavy atom. The number of hydrogen-bond donors (Lipinski definition) is 1. The van der Waals surface area contributed by atoms with E-state index in [4.69, 9.17) is 10.5 Å². The lowest BCUT2D eigenvalue weighted by Crippen LogP contribution is -2.34. The van der Waals surface area contributed by atoms with E-state index in [0.717, 1.165) is 4.90 Å². The van der Waals surface area contributed by atoms with Gasteiger partial charge in [0.25, 0.3) is 12.3 Å². The van der Waals surface area contributed by atoms with E-state index in [1.165, 1.54) is 7.05 Å². The molecule has 0 aromatic heterocycles. The van der Waals surface area contributed by atoms with E-state index in [-0.39, 0.29) is 6.61 Å². The number of anilines is 1. The molecule has 0 heterocycles. The summed E-state index contributed by atoms with van der Waals surface area (Å²) in [5.41, 5.74) is 6.03. The quantitative estimate of drug-likeness (QED) is 0.796. The van der Waals surface area contributed by atoms with Crippen LogP contribution in [0.5, 0.6) is 5.75 Å². The zero-order valence-corrected chi connectivity index (χ0v) is 9.40. The lowest BCUT2D eigenvalue weighted by atomic mass is 10.3. The number of amides is 1. The third-order valence-electron chi connectivity index (χ3n) is 2.06. The first-order valence-corrected chi connectivity index (χ1v) is 4.99. The second-order valence-corrected chi connectivity index (χ2v) is 3.53. The van der Waals surface area contributed by atoms with Crippen molar-refractivity contribution in [3.8, 4) is 5.75 Å². The van der Waals surface area contributed by atoms with E-state index < -0.39 is 18.9 Å². The molecule has 2 N–H and O–H groups in total. The average molecular weight is 244 g/mol. The van der Waals surface area contributed by atoms with Crippen molar-refractivity contribution in [3.05, 3.63) is 24.3 Å². The van der Waals surface area contributed by atoms with Gasteiger partial charge in [0.1, 0.15) is 5.75 Å². The van der Waals surface area contributed by atoms with E-state index in [0.29, 0.717) is 11.4 Å². The molecule has 0 aliphatic heterocycles. The third kappa shape index (κ3) is 4.67. The maximum absolute atomic E-state index is 12.0. The van der Waals surface area contributed by atoms with Crippen molar-refractivity contribution in [3.63, 3.8) is 0 Å². The van der Waals surface area contributed by atoms with Gasteiger partial charge in [0.05, 0.1) is 6.54 Å². The van der Waals surface area contributed by atoms with Crippen molar-refractivity contribution in [1.82, 2.24) is 4.90 Å². The second kappa shape index (κ2) is 6.03. The van der Waals surface area contributed by atoms with Crippen LogP contribution in [0.25, 0.3) is 0 Å². The summed E-state index contributed by atoms with van der Waals surface area (Å²) in [6.07, 6.45) is -2.55. The van der Waals surface area contributed by atoms with Crippen molar-refractivity contribution in [2.24, 2.45) is 0 Å². The SMILES string of the molecule is CN(CC(F)F)C(=O)COc1cccc(N)c1. The predicted molar refractivity (Wildman–Crippen MR) is 60.0 cm³/mol. The Hall–Kier alpha value is -1.85. The van der Waals surface area contributed by atoms with Gasteiger partial charge in [0.2, 0.25) is 0 Å². The number of halogens is 2. The predicted octanol–water partition coefficient (Wildman–Crippen LogP) is 1.37. The molecular weight excluding hydrogens is 230 g/mol. The van der Waals surface area contributed by atoms with E-state index in [2.05, 4.69) is 0 Å². The summed E-state index contributed by atoms with van der Waals surface area (Å²) in [6.45, 7) is -0.883. The first-order chi connectivity index (χ1) is 7.99. The Balaban J connectivity index is 2.43. The summed E-state index contributed by atoms with van der Waals surface area (Å²) in [7, 11) is 1.30. The third-order valence-corrected chi connectivity index (χ3v) is 2.06. The number of nitrogens with two attached hydrogens (primary N) is 1. The van der Waals surface area contributed by atoms with Gasteiger partial charge in [0.15, 0.2) is 6.61 Å². The number of hydrogen-bond acceptors (Lipinski definition) is 3. The lowest BCUT2D eigenvalue weighted by Gasteiger charge is -2.16. The molecule has 0 bridgehead atoms. The number of nitrogens with zero attached hydrogens (tertiary/aromatic N) is 1. The molecular formula is C11H14F2N2O2. The standard InChI is InChI=1S/C11H14F2N2O2/c1-15(6-10(12)13)11(16)7-17-9-4-2-3-8(14)5-9/h2-5,10H,6-7,14H2,1H3. The molecule has 0 radical (unpaired) electrons. The Labute approximate surface area is 98.0 Å². The average Bonchev–Trinajstić information content (AvgIpc) is 2.25. The van der Waals surface area contributed by atoms with E-state index >= 15 is 0 Å². The smallest absolute Gasteiger partial charge is 0.260 e. The van der Waals surface area contributed by atoms with Crippen LogP contribution in [0.15, 0.2) is 24.3 Å². The van der Waals surface area contributed by atoms with Crippen LogP contribution in [0.3, 0.4) is 0 Å². The largest absolute Gasteiger partial charge is 0.484 e. The summed E-state index contributed by atoms with van der Waals surface area (Å²) in [6, 6.07) is 6.55. The van der Waals surface area contributed by atoms with Crippen LogP contribution < -0.4 is 10.5 Å². The molecule has 17 heavy (non-hydrogen) atoms. The monoisotopic (exact) mass is 244 g/mol. The van der Waals surface area contributed by atoms with Crippen molar-refractivity contribution in [2.75, 3.05) is 25.9 Å². The number of ether oxygens (including phenoxy) is 1. The minimum atomic E-state index is -2.55. The van der Waals surface area contributed by atoms with Crippen LogP contribution in [0.2, 0.25) is 0 Å². The summed E-state index contributed by atoms with van der Waals surface area (Å²) in [4.78, 5) is 12.3. The van der Waals surface area contributed by atoms with Crippen LogP contribution in [-0.4, -0.2) is 37.4 Å². The van der Waals surface area contributed by atoms with Gasteiger partial charge in [0, 0.05) is 18.8 Å². The highest BCUT2D eigenvalue weighted by atomic mass is 19.3. The van der Waals surface area contributed by atoms with E-state index in [1.54, 1.807) is 24.3 Å². The van der Waals surface area contributed by atoms with E-state index in [9.17, 15) is 13.6 Å². The maximum atomic E-state index is 12.0. The molecule has 0 spiro atoms. The van der Waals surface area contributed by atoms with Crippen LogP contribution in [0, 0.1) is 0 Å². The first kappa shape index (κ1) is 13.2. The minimum Gasteiger partial charge on any atom is -0.484 e. The Bertz CT molecular complexity index is 385. The molecule has 1 amide bonds. The molecule has 0 aliphatic carbocycles. The molecule has 0 unspecified atom stereocenters. The number of nitrogen functional groups attached to an aromatic ring is 1. The zero-order chi connectivity index (χ0) is 12.8. The van der Waals surface area contributed by atoms with Crippen molar-refractivity contribution >= 4 is 11.6 Å². The van der Waals surface area contributed by atoms with Crippen LogP contribution in [0.4, 0.5) is 14.5 Å². The fourth-order valence-corrected chi connectivity index (χ4v) is 1.17. The number of rotatable bonds is 5. The second-order valence-electron chi connectivity index (χ2n) is 3.53. The number of carbonyl (C=O) groups is 1. The van der Waals surface area contributed by atoms with E-state index in [1.807, 2.05) is 0 Å². The van der Waals surface area contributed by atoms with Crippen LogP contribution >= 0.6 is 0 Å². The van der Waals surface area contributed by atoms with Crippen LogP contribution in [0.1, 0.15) is 0 Å². The summed E-state index contributed by atoms with van der Waals surface area (Å²) in [5, 5.41) is 0. The number of carbonyl (C=O) groups excluding carboxylic acids is 1. The van der Waals surface area contributed by atoms with Gasteiger partial charge >= 0.3 is 0 Å². The molecule has 0 atom stereocenters. The van der Waals surface area contributed by atoms with Gasteiger partial charge in [-0.3, -0.25) is 4.79 Å². The highest BCUT2D eigenvalue weighted by molar-refractivity contribution is 5.77. The Morgan fingerprint density at radius 2 is 2.24 bits per heavy atom. The summed E-state index contributed by atoms with van der Waals surface area (Å²) < 4.78 is 29.2. The molecule has 0 saturated carbocycles. The number of benzene rings is 1. The molecule has 6 heteroatoms. The summed E-state index contributed by atoms with van der Waals surface area (Å²) in [5.74, 6) is -0.0727. The van der Waals surface area contributed by atoms with Crippen molar-refractivity contribution in [1.29, 1.82) is 0 Å². The van der Waals surface area contributed by atoms with Gasteiger partial charge in [-0.25, -0.2) is 8.78 Å². The molecule has 1 aromatic rings. The van der Waals surface area contributed by atoms with Gasteiger partial charge in [-0.05, 0) is 12.1 Å². The molecule has 4 nitrogen and oxygen atoms in total. The van der Waals surface area contributed by atoms with Gasteiger partial charge < -0.3 is 15.4 Å². The highest BCUT2D eigenvalue weighted by Crippen LogP contribution is 2.14.